The molecule has 0 heterocycles. The van der Waals surface area contributed by atoms with Crippen LogP contribution in [-0.4, -0.2) is 5.78 Å². The van der Waals surface area contributed by atoms with Crippen molar-refractivity contribution in [3.05, 3.63) is 29.3 Å². The van der Waals surface area contributed by atoms with Gasteiger partial charge in [-0.3, -0.25) is 4.79 Å². The summed E-state index contributed by atoms with van der Waals surface area (Å²) >= 11 is 11.1. The molecule has 0 aliphatic carbocycles. The molecule has 1 aromatic carbocycles. The number of Topliss-reactive ketones (excluding diaryl/α,β-unsaturated/α-hetero) is 1. The average Bonchev–Trinajstić information content (AvgIpc) is 2.16. The number of benzene rings is 1. The number of halogens is 2. The lowest BCUT2D eigenvalue weighted by Crippen LogP contribution is -2.04. The molecule has 0 aliphatic heterocycles. The predicted molar refractivity (Wildman–Crippen MR) is 68.7 cm³/mol. The van der Waals surface area contributed by atoms with Crippen LogP contribution in [0.25, 0.3) is 0 Å². The van der Waals surface area contributed by atoms with Crippen LogP contribution >= 0.6 is 44.5 Å². The number of thiol groups is 1. The minimum Gasteiger partial charge on any atom is -0.298 e. The van der Waals surface area contributed by atoms with Gasteiger partial charge in [-0.25, -0.2) is 0 Å². The standard InChI is InChI=1S/C10H10Br2OS/c1-6(13)10(12)7-3-2-4-9(14)8(7)5-11/h2-4,10,14H,5H2,1H3. The van der Waals surface area contributed by atoms with Crippen molar-refractivity contribution in [2.24, 2.45) is 0 Å². The van der Waals surface area contributed by atoms with Gasteiger partial charge in [0.15, 0.2) is 0 Å². The van der Waals surface area contributed by atoms with Crippen LogP contribution in [0.5, 0.6) is 0 Å². The van der Waals surface area contributed by atoms with Crippen molar-refractivity contribution in [3.8, 4) is 0 Å². The monoisotopic (exact) mass is 336 g/mol. The van der Waals surface area contributed by atoms with Crippen LogP contribution in [0.1, 0.15) is 22.9 Å². The quantitative estimate of drug-likeness (QED) is 0.654. The van der Waals surface area contributed by atoms with E-state index in [9.17, 15) is 4.79 Å². The van der Waals surface area contributed by atoms with Gasteiger partial charge in [0.2, 0.25) is 0 Å². The molecule has 0 aliphatic rings. The van der Waals surface area contributed by atoms with Gasteiger partial charge >= 0.3 is 0 Å². The Balaban J connectivity index is 3.20. The Hall–Kier alpha value is 0.200. The largest absolute Gasteiger partial charge is 0.298 e. The fourth-order valence-corrected chi connectivity index (χ4v) is 2.76. The lowest BCUT2D eigenvalue weighted by Gasteiger charge is -2.12. The van der Waals surface area contributed by atoms with E-state index in [1.54, 1.807) is 6.92 Å². The molecule has 0 saturated heterocycles. The van der Waals surface area contributed by atoms with E-state index in [1.807, 2.05) is 18.2 Å². The van der Waals surface area contributed by atoms with E-state index in [-0.39, 0.29) is 10.6 Å². The maximum Gasteiger partial charge on any atom is 0.147 e. The zero-order valence-corrected chi connectivity index (χ0v) is 11.7. The summed E-state index contributed by atoms with van der Waals surface area (Å²) in [7, 11) is 0. The maximum absolute atomic E-state index is 11.2. The summed E-state index contributed by atoms with van der Waals surface area (Å²) in [5.74, 6) is 0.103. The third-order valence-electron chi connectivity index (χ3n) is 1.95. The molecular weight excluding hydrogens is 328 g/mol. The molecule has 0 radical (unpaired) electrons. The number of hydrogen-bond acceptors (Lipinski definition) is 2. The second kappa shape index (κ2) is 5.33. The molecule has 14 heavy (non-hydrogen) atoms. The van der Waals surface area contributed by atoms with Gasteiger partial charge in [-0.05, 0) is 24.1 Å². The van der Waals surface area contributed by atoms with Gasteiger partial charge in [-0.2, -0.15) is 0 Å². The van der Waals surface area contributed by atoms with Crippen LogP contribution in [-0.2, 0) is 10.1 Å². The van der Waals surface area contributed by atoms with Gasteiger partial charge in [0.1, 0.15) is 5.78 Å². The average molecular weight is 338 g/mol. The minimum atomic E-state index is -0.234. The highest BCUT2D eigenvalue weighted by atomic mass is 79.9. The molecule has 0 fully saturated rings. The Morgan fingerprint density at radius 1 is 1.57 bits per heavy atom. The van der Waals surface area contributed by atoms with E-state index < -0.39 is 0 Å². The Morgan fingerprint density at radius 3 is 2.71 bits per heavy atom. The summed E-state index contributed by atoms with van der Waals surface area (Å²) in [4.78, 5) is 11.9. The molecule has 0 saturated carbocycles. The number of ketones is 1. The molecule has 1 unspecified atom stereocenters. The maximum atomic E-state index is 11.2. The van der Waals surface area contributed by atoms with Crippen molar-refractivity contribution < 1.29 is 4.79 Å². The van der Waals surface area contributed by atoms with Crippen LogP contribution in [0.15, 0.2) is 23.1 Å². The molecule has 0 aromatic heterocycles. The highest BCUT2D eigenvalue weighted by Crippen LogP contribution is 2.31. The highest BCUT2D eigenvalue weighted by molar-refractivity contribution is 9.09. The summed E-state index contributed by atoms with van der Waals surface area (Å²) in [6, 6.07) is 5.77. The Labute approximate surface area is 106 Å². The summed E-state index contributed by atoms with van der Waals surface area (Å²) in [5, 5.41) is 0.706. The highest BCUT2D eigenvalue weighted by Gasteiger charge is 2.16. The second-order valence-corrected chi connectivity index (χ2v) is 4.91. The first-order valence-corrected chi connectivity index (χ1v) is 6.57. The molecule has 4 heteroatoms. The SMILES string of the molecule is CC(=O)C(Br)c1cccc(S)c1CBr. The lowest BCUT2D eigenvalue weighted by atomic mass is 10.0. The van der Waals surface area contributed by atoms with E-state index in [2.05, 4.69) is 44.5 Å². The van der Waals surface area contributed by atoms with E-state index in [4.69, 9.17) is 0 Å². The Morgan fingerprint density at radius 2 is 2.21 bits per heavy atom. The Kier molecular flexibility index (Phi) is 4.67. The fraction of sp³-hybridized carbons (Fsp3) is 0.300. The molecule has 1 aromatic rings. The predicted octanol–water partition coefficient (Wildman–Crippen LogP) is 3.90. The molecule has 1 rings (SSSR count). The van der Waals surface area contributed by atoms with E-state index >= 15 is 0 Å². The van der Waals surface area contributed by atoms with Crippen LogP contribution in [0.4, 0.5) is 0 Å². The summed E-state index contributed by atoms with van der Waals surface area (Å²) in [6.45, 7) is 1.57. The normalized spacial score (nSPS) is 12.6. The zero-order valence-electron chi connectivity index (χ0n) is 7.63. The van der Waals surface area contributed by atoms with Crippen LogP contribution < -0.4 is 0 Å². The van der Waals surface area contributed by atoms with Crippen molar-refractivity contribution in [1.29, 1.82) is 0 Å². The molecule has 0 amide bonds. The Bertz CT molecular complexity index is 352. The topological polar surface area (TPSA) is 17.1 Å². The fourth-order valence-electron chi connectivity index (χ4n) is 1.19. The first-order chi connectivity index (χ1) is 6.57. The van der Waals surface area contributed by atoms with Crippen molar-refractivity contribution in [1.82, 2.24) is 0 Å². The zero-order chi connectivity index (χ0) is 10.7. The van der Waals surface area contributed by atoms with Crippen LogP contribution in [0.2, 0.25) is 0 Å². The number of alkyl halides is 2. The van der Waals surface area contributed by atoms with Crippen LogP contribution in [0.3, 0.4) is 0 Å². The molecule has 0 N–H and O–H groups in total. The van der Waals surface area contributed by atoms with Crippen molar-refractivity contribution in [2.75, 3.05) is 0 Å². The summed E-state index contributed by atoms with van der Waals surface area (Å²) < 4.78 is 0. The number of carbonyl (C=O) groups is 1. The molecule has 0 bridgehead atoms. The summed E-state index contributed by atoms with van der Waals surface area (Å²) in [6.07, 6.45) is 0. The van der Waals surface area contributed by atoms with Crippen LogP contribution in [0, 0.1) is 0 Å². The third-order valence-corrected chi connectivity index (χ3v) is 4.07. The minimum absolute atomic E-state index is 0.103. The first kappa shape index (κ1) is 12.3. The van der Waals surface area contributed by atoms with Gasteiger partial charge in [0.05, 0.1) is 4.83 Å². The second-order valence-electron chi connectivity index (χ2n) is 2.95. The molecule has 1 atom stereocenters. The smallest absolute Gasteiger partial charge is 0.147 e. The molecule has 0 spiro atoms. The van der Waals surface area contributed by atoms with Crippen molar-refractivity contribution in [2.45, 2.75) is 22.0 Å². The molecule has 76 valence electrons. The third kappa shape index (κ3) is 2.61. The lowest BCUT2D eigenvalue weighted by molar-refractivity contribution is -0.116. The number of carbonyl (C=O) groups excluding carboxylic acids is 1. The summed E-state index contributed by atoms with van der Waals surface area (Å²) in [5.41, 5.74) is 2.05. The molecular formula is C10H10Br2OS. The van der Waals surface area contributed by atoms with Gasteiger partial charge in [-0.15, -0.1) is 12.6 Å². The van der Waals surface area contributed by atoms with Gasteiger partial charge < -0.3 is 0 Å². The number of hydrogen-bond donors (Lipinski definition) is 1. The van der Waals surface area contributed by atoms with E-state index in [0.717, 1.165) is 16.0 Å². The van der Waals surface area contributed by atoms with Gasteiger partial charge in [0, 0.05) is 10.2 Å². The molecule has 1 nitrogen and oxygen atoms in total. The first-order valence-electron chi connectivity index (χ1n) is 4.09. The number of rotatable bonds is 3. The van der Waals surface area contributed by atoms with Crippen molar-refractivity contribution >= 4 is 50.3 Å². The van der Waals surface area contributed by atoms with E-state index in [1.165, 1.54) is 0 Å². The van der Waals surface area contributed by atoms with Gasteiger partial charge in [0.25, 0.3) is 0 Å². The van der Waals surface area contributed by atoms with E-state index in [0.29, 0.717) is 5.33 Å². The van der Waals surface area contributed by atoms with Crippen molar-refractivity contribution in [3.63, 3.8) is 0 Å². The van der Waals surface area contributed by atoms with Gasteiger partial charge in [-0.1, -0.05) is 44.0 Å².